The van der Waals surface area contributed by atoms with Gasteiger partial charge < -0.3 is 5.53 Å². The summed E-state index contributed by atoms with van der Waals surface area (Å²) in [7, 11) is -4.22. The predicted molar refractivity (Wildman–Crippen MR) is 42.2 cm³/mol. The molecule has 1 unspecified atom stereocenters. The van der Waals surface area contributed by atoms with E-state index in [1.165, 1.54) is 24.3 Å². The molecule has 0 heterocycles. The van der Waals surface area contributed by atoms with Crippen LogP contribution in [0.15, 0.2) is 24.3 Å². The van der Waals surface area contributed by atoms with E-state index in [9.17, 15) is 8.42 Å². The second-order valence-corrected chi connectivity index (χ2v) is 3.74. The maximum atomic E-state index is 10.6. The van der Waals surface area contributed by atoms with E-state index in [0.717, 1.165) is 0 Å². The Labute approximate surface area is 69.4 Å². The van der Waals surface area contributed by atoms with Gasteiger partial charge in [0.25, 0.3) is 10.1 Å². The summed E-state index contributed by atoms with van der Waals surface area (Å²) < 4.78 is 29.9. The second-order valence-electron chi connectivity index (χ2n) is 2.20. The summed E-state index contributed by atoms with van der Waals surface area (Å²) in [5.74, 6) is 0. The third kappa shape index (κ3) is 1.68. The fraction of sp³-hybridized carbons (Fsp3) is 0.167. The third-order valence-electron chi connectivity index (χ3n) is 1.39. The van der Waals surface area contributed by atoms with Crippen molar-refractivity contribution >= 4 is 15.8 Å². The zero-order valence-electron chi connectivity index (χ0n) is 5.95. The average Bonchev–Trinajstić information content (AvgIpc) is 2.03. The van der Waals surface area contributed by atoms with Crippen LogP contribution < -0.4 is 0 Å². The van der Waals surface area contributed by atoms with Gasteiger partial charge in [0.2, 0.25) is 5.25 Å². The maximum Gasteiger partial charge on any atom is 0.316 e. The van der Waals surface area contributed by atoms with E-state index in [1.54, 1.807) is 0 Å². The number of hydrogen-bond donors (Lipinski definition) is 1. The van der Waals surface area contributed by atoms with Crippen LogP contribution in [-0.2, 0) is 10.1 Å². The molecule has 5 nitrogen and oxygen atoms in total. The number of hydrogen-bond acceptors (Lipinski definition) is 2. The summed E-state index contributed by atoms with van der Waals surface area (Å²) >= 11 is 0. The van der Waals surface area contributed by atoms with Crippen LogP contribution in [0.2, 0.25) is 0 Å². The third-order valence-corrected chi connectivity index (χ3v) is 2.43. The van der Waals surface area contributed by atoms with E-state index >= 15 is 0 Å². The molecule has 1 aliphatic carbocycles. The van der Waals surface area contributed by atoms with Gasteiger partial charge in [-0.15, -0.1) is 0 Å². The minimum Gasteiger partial charge on any atom is -0.361 e. The summed E-state index contributed by atoms with van der Waals surface area (Å²) in [6.07, 6.45) is 5.49. The molecule has 0 saturated heterocycles. The zero-order valence-corrected chi connectivity index (χ0v) is 6.77. The highest BCUT2D eigenvalue weighted by atomic mass is 32.2. The van der Waals surface area contributed by atoms with Gasteiger partial charge in [-0.1, -0.05) is 18.2 Å². The van der Waals surface area contributed by atoms with Crippen molar-refractivity contribution in [2.24, 2.45) is 0 Å². The average molecular weight is 186 g/mol. The molecule has 6 heteroatoms. The topological polar surface area (TPSA) is 90.8 Å². The number of rotatable bonds is 1. The second kappa shape index (κ2) is 3.02. The molecule has 0 aromatic carbocycles. The van der Waals surface area contributed by atoms with E-state index < -0.39 is 15.4 Å². The molecule has 0 spiro atoms. The molecule has 0 radical (unpaired) electrons. The first-order valence-corrected chi connectivity index (χ1v) is 4.59. The van der Waals surface area contributed by atoms with Crippen molar-refractivity contribution < 1.29 is 17.8 Å². The van der Waals surface area contributed by atoms with Crippen molar-refractivity contribution in [1.82, 2.24) is 0 Å². The molecule has 12 heavy (non-hydrogen) atoms. The van der Waals surface area contributed by atoms with Gasteiger partial charge in [-0.25, -0.2) is 0 Å². The molecule has 1 N–H and O–H groups in total. The highest BCUT2D eigenvalue weighted by Gasteiger charge is 2.31. The van der Waals surface area contributed by atoms with Crippen LogP contribution in [-0.4, -0.2) is 28.7 Å². The van der Waals surface area contributed by atoms with E-state index in [0.29, 0.717) is 0 Å². The van der Waals surface area contributed by atoms with Gasteiger partial charge in [0.15, 0.2) is 0 Å². The van der Waals surface area contributed by atoms with Crippen molar-refractivity contribution in [3.63, 3.8) is 0 Å². The van der Waals surface area contributed by atoms with Crippen LogP contribution in [0.4, 0.5) is 0 Å². The van der Waals surface area contributed by atoms with Crippen LogP contribution in [0.3, 0.4) is 0 Å². The van der Waals surface area contributed by atoms with Crippen molar-refractivity contribution in [2.75, 3.05) is 0 Å². The summed E-state index contributed by atoms with van der Waals surface area (Å²) in [4.78, 5) is 2.73. The van der Waals surface area contributed by atoms with Crippen molar-refractivity contribution in [3.05, 3.63) is 29.8 Å². The van der Waals surface area contributed by atoms with E-state index in [1.807, 2.05) is 0 Å². The highest BCUT2D eigenvalue weighted by Crippen LogP contribution is 2.07. The monoisotopic (exact) mass is 186 g/mol. The Balaban J connectivity index is 3.16. The highest BCUT2D eigenvalue weighted by molar-refractivity contribution is 7.87. The molecule has 1 atom stereocenters. The van der Waals surface area contributed by atoms with Crippen LogP contribution in [0.5, 0.6) is 0 Å². The summed E-state index contributed by atoms with van der Waals surface area (Å²) in [6, 6.07) is 0. The molecule has 0 bridgehead atoms. The predicted octanol–water partition coefficient (Wildman–Crippen LogP) is 0.0396. The van der Waals surface area contributed by atoms with Crippen LogP contribution >= 0.6 is 0 Å². The van der Waals surface area contributed by atoms with Crippen molar-refractivity contribution in [3.8, 4) is 0 Å². The van der Waals surface area contributed by atoms with Gasteiger partial charge in [0.05, 0.1) is 0 Å². The fourth-order valence-electron chi connectivity index (χ4n) is 0.855. The van der Waals surface area contributed by atoms with Gasteiger partial charge in [0, 0.05) is 6.08 Å². The lowest BCUT2D eigenvalue weighted by atomic mass is 10.1. The Bertz CT molecular complexity index is 387. The molecule has 0 aromatic rings. The Kier molecular flexibility index (Phi) is 2.23. The molecular formula is C6H6N2O3S. The Morgan fingerprint density at radius 1 is 1.50 bits per heavy atom. The first kappa shape index (κ1) is 8.86. The van der Waals surface area contributed by atoms with Gasteiger partial charge in [-0.05, 0) is 0 Å². The van der Waals surface area contributed by atoms with Crippen LogP contribution in [0, 0.1) is 0 Å². The molecule has 0 amide bonds. The van der Waals surface area contributed by atoms with Gasteiger partial charge in [-0.3, -0.25) is 4.55 Å². The van der Waals surface area contributed by atoms with E-state index in [2.05, 4.69) is 4.79 Å². The number of nitrogens with zero attached hydrogens (tertiary/aromatic N) is 2. The van der Waals surface area contributed by atoms with Gasteiger partial charge >= 0.3 is 5.71 Å². The first-order valence-electron chi connectivity index (χ1n) is 3.09. The van der Waals surface area contributed by atoms with E-state index in [4.69, 9.17) is 10.1 Å². The van der Waals surface area contributed by atoms with Crippen LogP contribution in [0.25, 0.3) is 5.53 Å². The molecular weight excluding hydrogens is 180 g/mol. The Morgan fingerprint density at radius 2 is 2.17 bits per heavy atom. The Morgan fingerprint density at radius 3 is 2.58 bits per heavy atom. The fourth-order valence-corrected chi connectivity index (χ4v) is 1.57. The lowest BCUT2D eigenvalue weighted by Crippen LogP contribution is -2.28. The lowest BCUT2D eigenvalue weighted by molar-refractivity contribution is -0.00521. The minimum atomic E-state index is -4.22. The molecule has 64 valence electrons. The molecule has 1 aliphatic rings. The standard InChI is InChI=1S/C6H6N2O3S/c7-8-5-3-1-2-4-6(5)12(9,10)11/h1-4,6H,(H,9,10,11). The van der Waals surface area contributed by atoms with Crippen molar-refractivity contribution in [2.45, 2.75) is 5.25 Å². The first-order chi connectivity index (χ1) is 5.55. The maximum absolute atomic E-state index is 10.6. The van der Waals surface area contributed by atoms with Crippen molar-refractivity contribution in [1.29, 1.82) is 0 Å². The Hall–Kier alpha value is -1.23. The molecule has 0 aliphatic heterocycles. The largest absolute Gasteiger partial charge is 0.361 e. The molecule has 0 fully saturated rings. The minimum absolute atomic E-state index is 0.0972. The molecule has 0 saturated carbocycles. The molecule has 1 rings (SSSR count). The van der Waals surface area contributed by atoms with Crippen LogP contribution in [0.1, 0.15) is 0 Å². The molecule has 0 aromatic heterocycles. The summed E-state index contributed by atoms with van der Waals surface area (Å²) in [5, 5.41) is -1.26. The van der Waals surface area contributed by atoms with Gasteiger partial charge in [-0.2, -0.15) is 13.2 Å². The normalized spacial score (nSPS) is 22.4. The number of allylic oxidation sites excluding steroid dienone is 3. The summed E-state index contributed by atoms with van der Waals surface area (Å²) in [5.41, 5.74) is 8.25. The summed E-state index contributed by atoms with van der Waals surface area (Å²) in [6.45, 7) is 0. The zero-order chi connectivity index (χ0) is 9.19. The SMILES string of the molecule is [N-]=[N+]=C1C=CC=CC1S(=O)(=O)O. The van der Waals surface area contributed by atoms with E-state index in [-0.39, 0.29) is 5.71 Å². The smallest absolute Gasteiger partial charge is 0.316 e. The quantitative estimate of drug-likeness (QED) is 0.356. The lowest BCUT2D eigenvalue weighted by Gasteiger charge is -2.03. The van der Waals surface area contributed by atoms with Gasteiger partial charge in [0.1, 0.15) is 0 Å².